The van der Waals surface area contributed by atoms with Crippen LogP contribution in [-0.2, 0) is 11.3 Å². The summed E-state index contributed by atoms with van der Waals surface area (Å²) in [6.45, 7) is 4.04. The Labute approximate surface area is 171 Å². The molecule has 154 valence electrons. The number of hydrogen-bond donors (Lipinski definition) is 1. The number of anilines is 1. The highest BCUT2D eigenvalue weighted by Gasteiger charge is 2.31. The van der Waals surface area contributed by atoms with Gasteiger partial charge in [-0.05, 0) is 36.8 Å². The van der Waals surface area contributed by atoms with Crippen molar-refractivity contribution in [2.75, 3.05) is 44.3 Å². The smallest absolute Gasteiger partial charge is 0.325 e. The van der Waals surface area contributed by atoms with Crippen LogP contribution in [0.2, 0.25) is 0 Å². The van der Waals surface area contributed by atoms with Gasteiger partial charge in [-0.2, -0.15) is 0 Å². The first-order valence-corrected chi connectivity index (χ1v) is 9.84. The van der Waals surface area contributed by atoms with Gasteiger partial charge in [0.1, 0.15) is 12.3 Å². The summed E-state index contributed by atoms with van der Waals surface area (Å²) in [5.74, 6) is 0.584. The first-order chi connectivity index (χ1) is 14.1. The molecule has 0 saturated carbocycles. The minimum Gasteiger partial charge on any atom is -0.494 e. The van der Waals surface area contributed by atoms with Gasteiger partial charge in [0.05, 0.1) is 13.2 Å². The average Bonchev–Trinajstić information content (AvgIpc) is 3.09. The van der Waals surface area contributed by atoms with Crippen LogP contribution in [0.25, 0.3) is 0 Å². The molecule has 1 N–H and O–H groups in total. The Balaban J connectivity index is 1.61. The van der Waals surface area contributed by atoms with Crippen LogP contribution in [-0.4, -0.2) is 66.2 Å². The topological polar surface area (TPSA) is 73.3 Å². The number of carbonyl (C=O) groups is 2. The van der Waals surface area contributed by atoms with Gasteiger partial charge in [0.2, 0.25) is 5.91 Å². The van der Waals surface area contributed by atoms with Crippen molar-refractivity contribution in [2.45, 2.75) is 13.5 Å². The molecule has 1 saturated heterocycles. The summed E-state index contributed by atoms with van der Waals surface area (Å²) < 4.78 is 5.44. The maximum Gasteiger partial charge on any atom is 0.325 e. The van der Waals surface area contributed by atoms with Crippen molar-refractivity contribution in [3.8, 4) is 5.75 Å². The first kappa shape index (κ1) is 20.7. The predicted octanol–water partition coefficient (Wildman–Crippen LogP) is 2.35. The number of nitrogens with zero attached hydrogens (tertiary/aromatic N) is 3. The summed E-state index contributed by atoms with van der Waals surface area (Å²) in [4.78, 5) is 30.4. The van der Waals surface area contributed by atoms with Gasteiger partial charge in [0.25, 0.3) is 0 Å². The molecule has 2 aromatic rings. The average molecular weight is 397 g/mol. The van der Waals surface area contributed by atoms with E-state index in [1.807, 2.05) is 61.5 Å². The van der Waals surface area contributed by atoms with Crippen LogP contribution in [0.1, 0.15) is 12.5 Å². The molecule has 7 nitrogen and oxygen atoms in total. The fraction of sp³-hybridized carbons (Fsp3) is 0.364. The standard InChI is InChI=1S/C22H27N3O4/c1-2-29-20-10-8-19(9-11-20)25-13-12-24(22(25)28)17-21(27)23(14-15-26)16-18-6-4-3-5-7-18/h3-11,26H,2,12-17H2,1H3. The number of amides is 3. The van der Waals surface area contributed by atoms with E-state index in [0.29, 0.717) is 26.2 Å². The van der Waals surface area contributed by atoms with Crippen LogP contribution in [0.4, 0.5) is 10.5 Å². The highest BCUT2D eigenvalue weighted by Crippen LogP contribution is 2.23. The number of rotatable bonds is 9. The maximum atomic E-state index is 12.8. The van der Waals surface area contributed by atoms with Crippen molar-refractivity contribution in [2.24, 2.45) is 0 Å². The second kappa shape index (κ2) is 9.93. The van der Waals surface area contributed by atoms with Crippen LogP contribution < -0.4 is 9.64 Å². The molecule has 0 aromatic heterocycles. The highest BCUT2D eigenvalue weighted by molar-refractivity contribution is 5.96. The van der Waals surface area contributed by atoms with Crippen molar-refractivity contribution < 1.29 is 19.4 Å². The molecule has 0 aliphatic carbocycles. The molecule has 1 fully saturated rings. The Morgan fingerprint density at radius 3 is 2.48 bits per heavy atom. The summed E-state index contributed by atoms with van der Waals surface area (Å²) in [5.41, 5.74) is 1.77. The third-order valence-corrected chi connectivity index (χ3v) is 4.82. The van der Waals surface area contributed by atoms with Crippen molar-refractivity contribution in [3.05, 3.63) is 60.2 Å². The third kappa shape index (κ3) is 5.26. The first-order valence-electron chi connectivity index (χ1n) is 9.84. The van der Waals surface area contributed by atoms with Crippen molar-refractivity contribution >= 4 is 17.6 Å². The third-order valence-electron chi connectivity index (χ3n) is 4.82. The molecule has 0 unspecified atom stereocenters. The number of urea groups is 1. The van der Waals surface area contributed by atoms with Gasteiger partial charge in [-0.15, -0.1) is 0 Å². The molecule has 29 heavy (non-hydrogen) atoms. The van der Waals surface area contributed by atoms with Gasteiger partial charge in [-0.1, -0.05) is 30.3 Å². The second-order valence-corrected chi connectivity index (χ2v) is 6.81. The van der Waals surface area contributed by atoms with E-state index in [-0.39, 0.29) is 31.6 Å². The number of aliphatic hydroxyl groups is 1. The van der Waals surface area contributed by atoms with Crippen molar-refractivity contribution in [1.82, 2.24) is 9.80 Å². The van der Waals surface area contributed by atoms with E-state index >= 15 is 0 Å². The molecular formula is C22H27N3O4. The minimum atomic E-state index is -0.189. The lowest BCUT2D eigenvalue weighted by Crippen LogP contribution is -2.43. The molecule has 3 rings (SSSR count). The lowest BCUT2D eigenvalue weighted by Gasteiger charge is -2.25. The van der Waals surface area contributed by atoms with E-state index < -0.39 is 0 Å². The van der Waals surface area contributed by atoms with E-state index in [4.69, 9.17) is 4.74 Å². The van der Waals surface area contributed by atoms with Gasteiger partial charge in [0.15, 0.2) is 0 Å². The van der Waals surface area contributed by atoms with E-state index in [1.165, 1.54) is 0 Å². The maximum absolute atomic E-state index is 12.8. The summed E-state index contributed by atoms with van der Waals surface area (Å²) in [5, 5.41) is 9.33. The number of ether oxygens (including phenoxy) is 1. The van der Waals surface area contributed by atoms with Crippen molar-refractivity contribution in [3.63, 3.8) is 0 Å². The van der Waals surface area contributed by atoms with E-state index in [2.05, 4.69) is 0 Å². The summed E-state index contributed by atoms with van der Waals surface area (Å²) >= 11 is 0. The fourth-order valence-corrected chi connectivity index (χ4v) is 3.34. The van der Waals surface area contributed by atoms with Crippen LogP contribution in [0, 0.1) is 0 Å². The summed E-state index contributed by atoms with van der Waals surface area (Å²) in [6, 6.07) is 16.8. The number of aliphatic hydroxyl groups excluding tert-OH is 1. The molecule has 0 radical (unpaired) electrons. The molecule has 0 bridgehead atoms. The molecule has 0 spiro atoms. The number of hydrogen-bond acceptors (Lipinski definition) is 4. The van der Waals surface area contributed by atoms with Crippen LogP contribution >= 0.6 is 0 Å². The van der Waals surface area contributed by atoms with Gasteiger partial charge in [-0.3, -0.25) is 9.69 Å². The zero-order chi connectivity index (χ0) is 20.6. The molecule has 1 aliphatic heterocycles. The molecule has 0 atom stereocenters. The Morgan fingerprint density at radius 1 is 1.10 bits per heavy atom. The SMILES string of the molecule is CCOc1ccc(N2CCN(CC(=O)N(CCO)Cc3ccccc3)C2=O)cc1. The molecule has 3 amide bonds. The number of benzene rings is 2. The van der Waals surface area contributed by atoms with Crippen LogP contribution in [0.3, 0.4) is 0 Å². The van der Waals surface area contributed by atoms with Gasteiger partial charge < -0.3 is 19.6 Å². The quantitative estimate of drug-likeness (QED) is 0.705. The Kier molecular flexibility index (Phi) is 7.08. The Hall–Kier alpha value is -3.06. The van der Waals surface area contributed by atoms with Crippen LogP contribution in [0.5, 0.6) is 5.75 Å². The fourth-order valence-electron chi connectivity index (χ4n) is 3.34. The molecule has 1 aliphatic rings. The summed E-state index contributed by atoms with van der Waals surface area (Å²) in [7, 11) is 0. The van der Waals surface area contributed by atoms with E-state index in [1.54, 1.807) is 14.7 Å². The zero-order valence-corrected chi connectivity index (χ0v) is 16.7. The van der Waals surface area contributed by atoms with Crippen molar-refractivity contribution in [1.29, 1.82) is 0 Å². The molecule has 2 aromatic carbocycles. The van der Waals surface area contributed by atoms with Crippen LogP contribution in [0.15, 0.2) is 54.6 Å². The highest BCUT2D eigenvalue weighted by atomic mass is 16.5. The zero-order valence-electron chi connectivity index (χ0n) is 16.7. The van der Waals surface area contributed by atoms with Gasteiger partial charge >= 0.3 is 6.03 Å². The van der Waals surface area contributed by atoms with Gasteiger partial charge in [-0.25, -0.2) is 4.79 Å². The molecular weight excluding hydrogens is 370 g/mol. The lowest BCUT2D eigenvalue weighted by atomic mass is 10.2. The van der Waals surface area contributed by atoms with Gasteiger partial charge in [0, 0.05) is 31.9 Å². The largest absolute Gasteiger partial charge is 0.494 e. The molecule has 1 heterocycles. The Bertz CT molecular complexity index is 811. The monoisotopic (exact) mass is 397 g/mol. The van der Waals surface area contributed by atoms with E-state index in [0.717, 1.165) is 17.0 Å². The minimum absolute atomic E-state index is 0.000797. The Morgan fingerprint density at radius 2 is 1.83 bits per heavy atom. The predicted molar refractivity (Wildman–Crippen MR) is 111 cm³/mol. The number of carbonyl (C=O) groups excluding carboxylic acids is 2. The normalized spacial score (nSPS) is 13.7. The second-order valence-electron chi connectivity index (χ2n) is 6.81. The lowest BCUT2D eigenvalue weighted by molar-refractivity contribution is -0.132. The van der Waals surface area contributed by atoms with E-state index in [9.17, 15) is 14.7 Å². The summed E-state index contributed by atoms with van der Waals surface area (Å²) in [6.07, 6.45) is 0. The molecule has 7 heteroatoms.